The van der Waals surface area contributed by atoms with Gasteiger partial charge in [0.05, 0.1) is 0 Å². The molecule has 5 heteroatoms. The SMILES string of the molecule is CC1=CCc2cc3cc(-c4ccc(C(=O)NC5CCN(C)CC5)c(C)c4)oc3cc2OC1. The van der Waals surface area contributed by atoms with Crippen LogP contribution in [-0.2, 0) is 6.42 Å². The minimum atomic E-state index is 0.0115. The summed E-state index contributed by atoms with van der Waals surface area (Å²) in [4.78, 5) is 15.1. The minimum Gasteiger partial charge on any atom is -0.489 e. The van der Waals surface area contributed by atoms with Crippen LogP contribution in [0.15, 0.2) is 52.5 Å². The molecule has 1 saturated heterocycles. The zero-order chi connectivity index (χ0) is 22.2. The van der Waals surface area contributed by atoms with Gasteiger partial charge in [-0.3, -0.25) is 4.79 Å². The highest BCUT2D eigenvalue weighted by molar-refractivity contribution is 5.96. The Morgan fingerprint density at radius 3 is 2.69 bits per heavy atom. The molecule has 0 spiro atoms. The maximum atomic E-state index is 12.8. The fraction of sp³-hybridized carbons (Fsp3) is 0.370. The Labute approximate surface area is 189 Å². The molecule has 1 fully saturated rings. The average molecular weight is 431 g/mol. The number of benzene rings is 2. The maximum absolute atomic E-state index is 12.8. The summed E-state index contributed by atoms with van der Waals surface area (Å²) in [5, 5.41) is 4.28. The number of carbonyl (C=O) groups is 1. The lowest BCUT2D eigenvalue weighted by Gasteiger charge is -2.29. The van der Waals surface area contributed by atoms with Crippen LogP contribution in [-0.4, -0.2) is 43.6 Å². The van der Waals surface area contributed by atoms with Crippen molar-refractivity contribution in [3.05, 3.63) is 64.7 Å². The number of amides is 1. The van der Waals surface area contributed by atoms with Crippen molar-refractivity contribution in [1.82, 2.24) is 10.2 Å². The Morgan fingerprint density at radius 1 is 1.09 bits per heavy atom. The first kappa shape index (κ1) is 20.8. The molecule has 0 aliphatic carbocycles. The van der Waals surface area contributed by atoms with E-state index in [1.807, 2.05) is 31.2 Å². The molecule has 3 aromatic rings. The van der Waals surface area contributed by atoms with Crippen LogP contribution in [0, 0.1) is 6.92 Å². The highest BCUT2D eigenvalue weighted by atomic mass is 16.5. The van der Waals surface area contributed by atoms with Crippen molar-refractivity contribution in [2.75, 3.05) is 26.7 Å². The van der Waals surface area contributed by atoms with Gasteiger partial charge in [-0.25, -0.2) is 0 Å². The molecule has 0 bridgehead atoms. The van der Waals surface area contributed by atoms with E-state index in [0.717, 1.165) is 71.5 Å². The smallest absolute Gasteiger partial charge is 0.251 e. The van der Waals surface area contributed by atoms with Gasteiger partial charge in [0.25, 0.3) is 5.91 Å². The van der Waals surface area contributed by atoms with Crippen LogP contribution in [0.5, 0.6) is 5.75 Å². The molecule has 5 nitrogen and oxygen atoms in total. The van der Waals surface area contributed by atoms with E-state index >= 15 is 0 Å². The number of nitrogens with zero attached hydrogens (tertiary/aromatic N) is 1. The predicted octanol–water partition coefficient (Wildman–Crippen LogP) is 5.11. The molecular formula is C27H30N2O3. The Kier molecular flexibility index (Phi) is 5.51. The number of ether oxygens (including phenoxy) is 1. The number of allylic oxidation sites excluding steroid dienone is 1. The Bertz CT molecular complexity index is 1200. The number of carbonyl (C=O) groups excluding carboxylic acids is 1. The van der Waals surface area contributed by atoms with Crippen molar-refractivity contribution < 1.29 is 13.9 Å². The van der Waals surface area contributed by atoms with Crippen LogP contribution in [0.25, 0.3) is 22.3 Å². The topological polar surface area (TPSA) is 54.7 Å². The first-order valence-electron chi connectivity index (χ1n) is 11.4. The second-order valence-corrected chi connectivity index (χ2v) is 9.23. The summed E-state index contributed by atoms with van der Waals surface area (Å²) in [7, 11) is 2.13. The molecule has 1 amide bonds. The van der Waals surface area contributed by atoms with E-state index in [-0.39, 0.29) is 11.9 Å². The van der Waals surface area contributed by atoms with Crippen LogP contribution in [0.2, 0.25) is 0 Å². The summed E-state index contributed by atoms with van der Waals surface area (Å²) in [6.07, 6.45) is 5.10. The van der Waals surface area contributed by atoms with Crippen molar-refractivity contribution in [3.63, 3.8) is 0 Å². The number of hydrogen-bond donors (Lipinski definition) is 1. The lowest BCUT2D eigenvalue weighted by molar-refractivity contribution is 0.0916. The van der Waals surface area contributed by atoms with Crippen molar-refractivity contribution >= 4 is 16.9 Å². The fourth-order valence-corrected chi connectivity index (χ4v) is 4.57. The van der Waals surface area contributed by atoms with Gasteiger partial charge in [-0.15, -0.1) is 0 Å². The molecule has 2 aliphatic rings. The van der Waals surface area contributed by atoms with Crippen molar-refractivity contribution in [3.8, 4) is 17.1 Å². The van der Waals surface area contributed by atoms with Gasteiger partial charge in [0.1, 0.15) is 23.7 Å². The molecule has 2 aliphatic heterocycles. The molecule has 3 heterocycles. The highest BCUT2D eigenvalue weighted by Gasteiger charge is 2.20. The number of piperidine rings is 1. The van der Waals surface area contributed by atoms with Crippen LogP contribution < -0.4 is 10.1 Å². The minimum absolute atomic E-state index is 0.0115. The van der Waals surface area contributed by atoms with Crippen molar-refractivity contribution in [2.24, 2.45) is 0 Å². The average Bonchev–Trinajstić information content (AvgIpc) is 3.11. The first-order valence-corrected chi connectivity index (χ1v) is 11.4. The van der Waals surface area contributed by atoms with Crippen LogP contribution >= 0.6 is 0 Å². The molecular weight excluding hydrogens is 400 g/mol. The third-order valence-electron chi connectivity index (χ3n) is 6.63. The van der Waals surface area contributed by atoms with E-state index in [1.54, 1.807) is 0 Å². The van der Waals surface area contributed by atoms with E-state index in [1.165, 1.54) is 11.1 Å². The quantitative estimate of drug-likeness (QED) is 0.587. The number of furan rings is 1. The summed E-state index contributed by atoms with van der Waals surface area (Å²) in [6, 6.07) is 12.4. The zero-order valence-corrected chi connectivity index (χ0v) is 19.0. The summed E-state index contributed by atoms with van der Waals surface area (Å²) < 4.78 is 12.1. The van der Waals surface area contributed by atoms with Crippen LogP contribution in [0.4, 0.5) is 0 Å². The number of rotatable bonds is 3. The van der Waals surface area contributed by atoms with Gasteiger partial charge in [-0.1, -0.05) is 12.1 Å². The lowest BCUT2D eigenvalue weighted by Crippen LogP contribution is -2.43. The molecule has 166 valence electrons. The number of aryl methyl sites for hydroxylation is 1. The van der Waals surface area contributed by atoms with E-state index in [9.17, 15) is 4.79 Å². The molecule has 0 saturated carbocycles. The van der Waals surface area contributed by atoms with Crippen LogP contribution in [0.1, 0.15) is 41.3 Å². The summed E-state index contributed by atoms with van der Waals surface area (Å²) in [5.74, 6) is 1.71. The second-order valence-electron chi connectivity index (χ2n) is 9.23. The highest BCUT2D eigenvalue weighted by Crippen LogP contribution is 2.34. The van der Waals surface area contributed by atoms with E-state index < -0.39 is 0 Å². The third kappa shape index (κ3) is 4.17. The van der Waals surface area contributed by atoms with Gasteiger partial charge in [-0.2, -0.15) is 0 Å². The normalized spacial score (nSPS) is 17.4. The largest absolute Gasteiger partial charge is 0.489 e. The molecule has 5 rings (SSSR count). The van der Waals surface area contributed by atoms with Gasteiger partial charge < -0.3 is 19.4 Å². The van der Waals surface area contributed by atoms with Crippen molar-refractivity contribution in [1.29, 1.82) is 0 Å². The monoisotopic (exact) mass is 430 g/mol. The molecule has 0 atom stereocenters. The second kappa shape index (κ2) is 8.47. The van der Waals surface area contributed by atoms with Gasteiger partial charge >= 0.3 is 0 Å². The van der Waals surface area contributed by atoms with Gasteiger partial charge in [0.2, 0.25) is 0 Å². The molecule has 1 N–H and O–H groups in total. The summed E-state index contributed by atoms with van der Waals surface area (Å²) in [6.45, 7) is 6.75. The van der Waals surface area contributed by atoms with E-state index in [4.69, 9.17) is 9.15 Å². The summed E-state index contributed by atoms with van der Waals surface area (Å²) >= 11 is 0. The molecule has 1 aromatic heterocycles. The summed E-state index contributed by atoms with van der Waals surface area (Å²) in [5.41, 5.74) is 5.90. The van der Waals surface area contributed by atoms with E-state index in [0.29, 0.717) is 6.61 Å². The van der Waals surface area contributed by atoms with Gasteiger partial charge in [-0.05, 0) is 94.2 Å². The van der Waals surface area contributed by atoms with Gasteiger partial charge in [0.15, 0.2) is 0 Å². The Balaban J connectivity index is 1.37. The van der Waals surface area contributed by atoms with Crippen LogP contribution in [0.3, 0.4) is 0 Å². The Morgan fingerprint density at radius 2 is 1.91 bits per heavy atom. The lowest BCUT2D eigenvalue weighted by atomic mass is 10.0. The third-order valence-corrected chi connectivity index (χ3v) is 6.63. The standard InChI is InChI=1S/C27H30N2O3/c1-17-4-5-20-13-21-14-25(32-26(21)15-24(20)31-16-17)19-6-7-23(18(2)12-19)27(30)28-22-8-10-29(3)11-9-22/h4,6-7,12-15,22H,5,8-11,16H2,1-3H3,(H,28,30). The number of likely N-dealkylation sites (tertiary alicyclic amines) is 1. The Hall–Kier alpha value is -3.05. The maximum Gasteiger partial charge on any atom is 0.251 e. The zero-order valence-electron chi connectivity index (χ0n) is 19.0. The molecule has 0 unspecified atom stereocenters. The molecule has 2 aromatic carbocycles. The van der Waals surface area contributed by atoms with Crippen molar-refractivity contribution in [2.45, 2.75) is 39.2 Å². The van der Waals surface area contributed by atoms with E-state index in [2.05, 4.69) is 42.4 Å². The number of nitrogens with one attached hydrogen (secondary N) is 1. The number of hydrogen-bond acceptors (Lipinski definition) is 4. The van der Waals surface area contributed by atoms with Gasteiger partial charge in [0, 0.05) is 28.6 Å². The molecule has 32 heavy (non-hydrogen) atoms. The predicted molar refractivity (Wildman–Crippen MR) is 127 cm³/mol. The first-order chi connectivity index (χ1) is 15.5. The fourth-order valence-electron chi connectivity index (χ4n) is 4.57. The molecule has 0 radical (unpaired) electrons. The number of fused-ring (bicyclic) bond motifs is 2.